The molecule has 0 aliphatic heterocycles. The summed E-state index contributed by atoms with van der Waals surface area (Å²) in [5, 5.41) is 1.61. The Morgan fingerprint density at radius 2 is 2.05 bits per heavy atom. The summed E-state index contributed by atoms with van der Waals surface area (Å²) in [5.41, 5.74) is 1.76. The van der Waals surface area contributed by atoms with Gasteiger partial charge in [0, 0.05) is 5.39 Å². The van der Waals surface area contributed by atoms with E-state index in [2.05, 4.69) is 4.98 Å². The maximum absolute atomic E-state index is 5.85. The number of fused-ring (bicyclic) bond motifs is 2. The Morgan fingerprint density at radius 3 is 2.90 bits per heavy atom. The van der Waals surface area contributed by atoms with Gasteiger partial charge in [-0.15, -0.1) is 11.6 Å². The van der Waals surface area contributed by atoms with Crippen molar-refractivity contribution in [1.29, 1.82) is 0 Å². The lowest BCUT2D eigenvalue weighted by atomic mass is 10.2. The molecule has 0 bridgehead atoms. The quantitative estimate of drug-likeness (QED) is 0.463. The van der Waals surface area contributed by atoms with E-state index in [4.69, 9.17) is 20.8 Å². The summed E-state index contributed by atoms with van der Waals surface area (Å²) in [6.07, 6.45) is 0. The van der Waals surface area contributed by atoms with Crippen molar-refractivity contribution in [1.82, 2.24) is 4.98 Å². The van der Waals surface area contributed by atoms with Gasteiger partial charge in [-0.05, 0) is 36.4 Å². The van der Waals surface area contributed by atoms with Crippen molar-refractivity contribution in [3.05, 3.63) is 54.3 Å². The third-order valence-corrected chi connectivity index (χ3v) is 4.33. The largest absolute Gasteiger partial charge is 0.460 e. The van der Waals surface area contributed by atoms with Crippen LogP contribution in [0, 0.1) is 0 Å². The standard InChI is InChI=1S/C16H10ClNO2S/c17-9-12-8-10-7-11(5-6-14(10)19-12)20-16-18-13-3-1-2-4-15(13)21-16/h1-8H,9H2. The van der Waals surface area contributed by atoms with Crippen molar-refractivity contribution in [2.75, 3.05) is 0 Å². The van der Waals surface area contributed by atoms with Crippen LogP contribution in [-0.2, 0) is 5.88 Å². The Morgan fingerprint density at radius 1 is 1.14 bits per heavy atom. The van der Waals surface area contributed by atoms with E-state index in [0.717, 1.165) is 32.7 Å². The Bertz CT molecular complexity index is 895. The molecule has 0 fully saturated rings. The SMILES string of the molecule is ClCc1cc2cc(Oc3nc4ccccc4s3)ccc2o1. The predicted octanol–water partition coefficient (Wildman–Crippen LogP) is 5.57. The number of ether oxygens (including phenoxy) is 1. The summed E-state index contributed by atoms with van der Waals surface area (Å²) >= 11 is 7.31. The molecule has 5 heteroatoms. The van der Waals surface area contributed by atoms with Crippen molar-refractivity contribution in [2.24, 2.45) is 0 Å². The number of thiazole rings is 1. The van der Waals surface area contributed by atoms with Gasteiger partial charge in [-0.2, -0.15) is 0 Å². The molecular weight excluding hydrogens is 306 g/mol. The minimum Gasteiger partial charge on any atom is -0.460 e. The summed E-state index contributed by atoms with van der Waals surface area (Å²) in [6.45, 7) is 0. The third-order valence-electron chi connectivity index (χ3n) is 3.15. The summed E-state index contributed by atoms with van der Waals surface area (Å²) in [7, 11) is 0. The molecule has 0 unspecified atom stereocenters. The van der Waals surface area contributed by atoms with Gasteiger partial charge in [0.15, 0.2) is 0 Å². The van der Waals surface area contributed by atoms with E-state index < -0.39 is 0 Å². The number of hydrogen-bond acceptors (Lipinski definition) is 4. The molecule has 2 heterocycles. The summed E-state index contributed by atoms with van der Waals surface area (Å²) in [4.78, 5) is 4.46. The first-order chi connectivity index (χ1) is 10.3. The first kappa shape index (κ1) is 12.7. The van der Waals surface area contributed by atoms with E-state index in [1.54, 1.807) is 0 Å². The van der Waals surface area contributed by atoms with Crippen molar-refractivity contribution in [3.63, 3.8) is 0 Å². The van der Waals surface area contributed by atoms with Crippen molar-refractivity contribution >= 4 is 44.1 Å². The molecule has 0 atom stereocenters. The predicted molar refractivity (Wildman–Crippen MR) is 85.5 cm³/mol. The number of furan rings is 1. The fourth-order valence-electron chi connectivity index (χ4n) is 2.20. The number of hydrogen-bond donors (Lipinski definition) is 0. The molecule has 0 radical (unpaired) electrons. The van der Waals surface area contributed by atoms with Crippen LogP contribution in [0.5, 0.6) is 10.9 Å². The molecule has 2 aromatic heterocycles. The molecule has 0 spiro atoms. The fraction of sp³-hybridized carbons (Fsp3) is 0.0625. The number of aromatic nitrogens is 1. The summed E-state index contributed by atoms with van der Waals surface area (Å²) in [6, 6.07) is 15.6. The second kappa shape index (κ2) is 5.06. The molecule has 3 nitrogen and oxygen atoms in total. The lowest BCUT2D eigenvalue weighted by molar-refractivity contribution is 0.480. The van der Waals surface area contributed by atoms with Crippen molar-refractivity contribution in [2.45, 2.75) is 5.88 Å². The van der Waals surface area contributed by atoms with Crippen LogP contribution in [0.3, 0.4) is 0 Å². The molecule has 0 saturated carbocycles. The van der Waals surface area contributed by atoms with Crippen LogP contribution in [-0.4, -0.2) is 4.98 Å². The summed E-state index contributed by atoms with van der Waals surface area (Å²) in [5.74, 6) is 1.86. The minimum atomic E-state index is 0.364. The van der Waals surface area contributed by atoms with Crippen LogP contribution in [0.15, 0.2) is 52.9 Å². The lowest BCUT2D eigenvalue weighted by Gasteiger charge is -2.00. The minimum absolute atomic E-state index is 0.364. The molecule has 4 aromatic rings. The van der Waals surface area contributed by atoms with Crippen molar-refractivity contribution < 1.29 is 9.15 Å². The number of para-hydroxylation sites is 1. The lowest BCUT2D eigenvalue weighted by Crippen LogP contribution is -1.81. The fourth-order valence-corrected chi connectivity index (χ4v) is 3.17. The Labute approximate surface area is 129 Å². The summed E-state index contributed by atoms with van der Waals surface area (Å²) < 4.78 is 12.5. The van der Waals surface area contributed by atoms with Crippen LogP contribution >= 0.6 is 22.9 Å². The van der Waals surface area contributed by atoms with Gasteiger partial charge in [-0.3, -0.25) is 0 Å². The van der Waals surface area contributed by atoms with E-state index in [-0.39, 0.29) is 0 Å². The van der Waals surface area contributed by atoms with Crippen LogP contribution < -0.4 is 4.74 Å². The topological polar surface area (TPSA) is 35.3 Å². The highest BCUT2D eigenvalue weighted by Crippen LogP contribution is 2.33. The highest BCUT2D eigenvalue weighted by atomic mass is 35.5. The molecule has 21 heavy (non-hydrogen) atoms. The zero-order valence-corrected chi connectivity index (χ0v) is 12.4. The smallest absolute Gasteiger partial charge is 0.279 e. The molecule has 0 saturated heterocycles. The first-order valence-corrected chi connectivity index (χ1v) is 7.79. The van der Waals surface area contributed by atoms with Gasteiger partial charge in [0.1, 0.15) is 17.1 Å². The zero-order valence-electron chi connectivity index (χ0n) is 10.9. The van der Waals surface area contributed by atoms with Crippen LogP contribution in [0.25, 0.3) is 21.2 Å². The van der Waals surface area contributed by atoms with E-state index in [9.17, 15) is 0 Å². The van der Waals surface area contributed by atoms with E-state index in [1.807, 2.05) is 48.5 Å². The molecule has 0 N–H and O–H groups in total. The maximum atomic E-state index is 5.85. The zero-order chi connectivity index (χ0) is 14.2. The molecule has 0 aliphatic rings. The molecule has 4 rings (SSSR count). The average Bonchev–Trinajstić information content (AvgIpc) is 3.09. The van der Waals surface area contributed by atoms with E-state index >= 15 is 0 Å². The number of halogens is 1. The van der Waals surface area contributed by atoms with Gasteiger partial charge in [-0.25, -0.2) is 4.98 Å². The van der Waals surface area contributed by atoms with Crippen LogP contribution in [0.4, 0.5) is 0 Å². The normalized spacial score (nSPS) is 11.3. The first-order valence-electron chi connectivity index (χ1n) is 6.44. The second-order valence-electron chi connectivity index (χ2n) is 4.60. The number of nitrogens with zero attached hydrogens (tertiary/aromatic N) is 1. The Hall–Kier alpha value is -2.04. The van der Waals surface area contributed by atoms with Crippen molar-refractivity contribution in [3.8, 4) is 10.9 Å². The van der Waals surface area contributed by atoms with Gasteiger partial charge in [0.05, 0.1) is 16.1 Å². The van der Waals surface area contributed by atoms with Gasteiger partial charge >= 0.3 is 0 Å². The molecule has 104 valence electrons. The molecule has 0 amide bonds. The number of rotatable bonds is 3. The number of alkyl halides is 1. The van der Waals surface area contributed by atoms with Crippen LogP contribution in [0.1, 0.15) is 5.76 Å². The van der Waals surface area contributed by atoms with Gasteiger partial charge in [0.2, 0.25) is 0 Å². The van der Waals surface area contributed by atoms with Gasteiger partial charge in [0.25, 0.3) is 5.19 Å². The third kappa shape index (κ3) is 2.37. The monoisotopic (exact) mass is 315 g/mol. The van der Waals surface area contributed by atoms with Gasteiger partial charge in [-0.1, -0.05) is 23.5 Å². The molecule has 2 aromatic carbocycles. The van der Waals surface area contributed by atoms with Crippen LogP contribution in [0.2, 0.25) is 0 Å². The van der Waals surface area contributed by atoms with Gasteiger partial charge < -0.3 is 9.15 Å². The Kier molecular flexibility index (Phi) is 3.05. The second-order valence-corrected chi connectivity index (χ2v) is 5.86. The Balaban J connectivity index is 1.69. The average molecular weight is 316 g/mol. The number of benzene rings is 2. The molecule has 0 aliphatic carbocycles. The van der Waals surface area contributed by atoms with E-state index in [1.165, 1.54) is 11.3 Å². The highest BCUT2D eigenvalue weighted by molar-refractivity contribution is 7.20. The van der Waals surface area contributed by atoms with E-state index in [0.29, 0.717) is 11.1 Å². The molecular formula is C16H10ClNO2S. The highest BCUT2D eigenvalue weighted by Gasteiger charge is 2.08. The maximum Gasteiger partial charge on any atom is 0.279 e.